The Balaban J connectivity index is 2.02. The summed E-state index contributed by atoms with van der Waals surface area (Å²) in [7, 11) is 0. The van der Waals surface area contributed by atoms with E-state index in [1.54, 1.807) is 0 Å². The first-order valence-corrected chi connectivity index (χ1v) is 7.61. The van der Waals surface area contributed by atoms with Crippen molar-refractivity contribution in [2.45, 2.75) is 39.3 Å². The molecule has 0 saturated carbocycles. The summed E-state index contributed by atoms with van der Waals surface area (Å²) in [5.41, 5.74) is 3.58. The third-order valence-corrected chi connectivity index (χ3v) is 4.30. The van der Waals surface area contributed by atoms with Gasteiger partial charge in [0.25, 0.3) is 0 Å². The van der Waals surface area contributed by atoms with Gasteiger partial charge in [-0.15, -0.1) is 0 Å². The van der Waals surface area contributed by atoms with Crippen molar-refractivity contribution < 1.29 is 4.79 Å². The highest BCUT2D eigenvalue weighted by atomic mass is 16.2. The number of nitrogens with zero attached hydrogens (tertiary/aromatic N) is 1. The summed E-state index contributed by atoms with van der Waals surface area (Å²) in [6.45, 7) is 6.23. The van der Waals surface area contributed by atoms with Crippen molar-refractivity contribution in [1.29, 1.82) is 0 Å². The van der Waals surface area contributed by atoms with Gasteiger partial charge in [-0.05, 0) is 38.8 Å². The predicted molar refractivity (Wildman–Crippen MR) is 84.6 cm³/mol. The molecular formula is C18H22N2O. The van der Waals surface area contributed by atoms with E-state index in [0.717, 1.165) is 12.1 Å². The molecule has 1 aliphatic carbocycles. The zero-order chi connectivity index (χ0) is 15.0. The number of fused-ring (bicyclic) bond motifs is 1. The molecule has 2 atom stereocenters. The monoisotopic (exact) mass is 282 g/mol. The SMILES string of the molecule is CC1=CCC2C(=C1)N(C(C)C)C(=O)NC2c1ccccc1. The summed E-state index contributed by atoms with van der Waals surface area (Å²) in [6, 6.07) is 10.5. The predicted octanol–water partition coefficient (Wildman–Crippen LogP) is 4.01. The third-order valence-electron chi connectivity index (χ3n) is 4.30. The summed E-state index contributed by atoms with van der Waals surface area (Å²) in [5, 5.41) is 3.20. The highest BCUT2D eigenvalue weighted by Crippen LogP contribution is 2.40. The fourth-order valence-electron chi connectivity index (χ4n) is 3.32. The second kappa shape index (κ2) is 5.40. The summed E-state index contributed by atoms with van der Waals surface area (Å²) >= 11 is 0. The summed E-state index contributed by atoms with van der Waals surface area (Å²) in [6.07, 6.45) is 5.41. The Labute approximate surface area is 126 Å². The molecule has 2 amide bonds. The molecule has 0 spiro atoms. The molecule has 2 unspecified atom stereocenters. The van der Waals surface area contributed by atoms with Crippen molar-refractivity contribution in [2.24, 2.45) is 5.92 Å². The van der Waals surface area contributed by atoms with Crippen LogP contribution in [0, 0.1) is 5.92 Å². The van der Waals surface area contributed by atoms with E-state index in [4.69, 9.17) is 0 Å². The first-order chi connectivity index (χ1) is 10.1. The molecule has 0 aromatic heterocycles. The molecule has 1 aromatic carbocycles. The Morgan fingerprint density at radius 1 is 1.24 bits per heavy atom. The second-order valence-corrected chi connectivity index (χ2v) is 6.16. The molecule has 2 aliphatic rings. The molecule has 3 nitrogen and oxygen atoms in total. The van der Waals surface area contributed by atoms with Crippen LogP contribution in [0.5, 0.6) is 0 Å². The van der Waals surface area contributed by atoms with Gasteiger partial charge in [0.05, 0.1) is 6.04 Å². The van der Waals surface area contributed by atoms with E-state index >= 15 is 0 Å². The summed E-state index contributed by atoms with van der Waals surface area (Å²) < 4.78 is 0. The van der Waals surface area contributed by atoms with Gasteiger partial charge in [0.1, 0.15) is 0 Å². The van der Waals surface area contributed by atoms with Crippen LogP contribution in [0.15, 0.2) is 53.8 Å². The lowest BCUT2D eigenvalue weighted by molar-refractivity contribution is 0.161. The number of allylic oxidation sites excluding steroid dienone is 3. The van der Waals surface area contributed by atoms with E-state index in [9.17, 15) is 4.79 Å². The number of hydrogen-bond acceptors (Lipinski definition) is 1. The number of carbonyl (C=O) groups excluding carboxylic acids is 1. The van der Waals surface area contributed by atoms with Crippen LogP contribution in [-0.4, -0.2) is 17.0 Å². The zero-order valence-electron chi connectivity index (χ0n) is 12.8. The largest absolute Gasteiger partial charge is 0.330 e. The molecule has 1 heterocycles. The minimum absolute atomic E-state index is 0.0102. The van der Waals surface area contributed by atoms with Gasteiger partial charge in [-0.3, -0.25) is 4.90 Å². The smallest absolute Gasteiger partial charge is 0.322 e. The lowest BCUT2D eigenvalue weighted by Crippen LogP contribution is -2.53. The van der Waals surface area contributed by atoms with Crippen LogP contribution in [0.25, 0.3) is 0 Å². The van der Waals surface area contributed by atoms with Crippen molar-refractivity contribution in [3.63, 3.8) is 0 Å². The average molecular weight is 282 g/mol. The zero-order valence-corrected chi connectivity index (χ0v) is 12.8. The number of rotatable bonds is 2. The number of carbonyl (C=O) groups is 1. The normalized spacial score (nSPS) is 25.1. The van der Waals surface area contributed by atoms with Gasteiger partial charge in [0.2, 0.25) is 0 Å². The van der Waals surface area contributed by atoms with Gasteiger partial charge in [0.15, 0.2) is 0 Å². The molecule has 1 N–H and O–H groups in total. The van der Waals surface area contributed by atoms with Crippen molar-refractivity contribution in [3.8, 4) is 0 Å². The fraction of sp³-hybridized carbons (Fsp3) is 0.389. The highest BCUT2D eigenvalue weighted by molar-refractivity contribution is 5.79. The van der Waals surface area contributed by atoms with Crippen LogP contribution in [0.4, 0.5) is 4.79 Å². The number of amides is 2. The van der Waals surface area contributed by atoms with E-state index in [1.807, 2.05) is 23.1 Å². The van der Waals surface area contributed by atoms with Crippen LogP contribution >= 0.6 is 0 Å². The number of hydrogen-bond donors (Lipinski definition) is 1. The molecule has 1 aromatic rings. The van der Waals surface area contributed by atoms with Gasteiger partial charge in [-0.2, -0.15) is 0 Å². The van der Waals surface area contributed by atoms with Gasteiger partial charge in [-0.25, -0.2) is 4.79 Å². The Morgan fingerprint density at radius 2 is 1.95 bits per heavy atom. The number of benzene rings is 1. The molecular weight excluding hydrogens is 260 g/mol. The van der Waals surface area contributed by atoms with Crippen molar-refractivity contribution in [2.75, 3.05) is 0 Å². The van der Waals surface area contributed by atoms with E-state index in [2.05, 4.69) is 50.4 Å². The Hall–Kier alpha value is -2.03. The van der Waals surface area contributed by atoms with Crippen LogP contribution in [-0.2, 0) is 0 Å². The third kappa shape index (κ3) is 2.48. The van der Waals surface area contributed by atoms with Gasteiger partial charge in [0, 0.05) is 17.7 Å². The maximum absolute atomic E-state index is 12.5. The first kappa shape index (κ1) is 13.9. The number of nitrogens with one attached hydrogen (secondary N) is 1. The summed E-state index contributed by atoms with van der Waals surface area (Å²) in [5.74, 6) is 0.316. The van der Waals surface area contributed by atoms with E-state index in [0.29, 0.717) is 5.92 Å². The Morgan fingerprint density at radius 3 is 2.62 bits per heavy atom. The van der Waals surface area contributed by atoms with Crippen molar-refractivity contribution in [3.05, 3.63) is 59.3 Å². The maximum Gasteiger partial charge on any atom is 0.322 e. The maximum atomic E-state index is 12.5. The van der Waals surface area contributed by atoms with Crippen molar-refractivity contribution in [1.82, 2.24) is 10.2 Å². The van der Waals surface area contributed by atoms with Crippen LogP contribution in [0.1, 0.15) is 38.8 Å². The lowest BCUT2D eigenvalue weighted by Gasteiger charge is -2.44. The quantitative estimate of drug-likeness (QED) is 0.873. The van der Waals surface area contributed by atoms with Crippen LogP contribution < -0.4 is 5.32 Å². The number of urea groups is 1. The fourth-order valence-corrected chi connectivity index (χ4v) is 3.32. The molecule has 0 radical (unpaired) electrons. The highest BCUT2D eigenvalue weighted by Gasteiger charge is 2.39. The first-order valence-electron chi connectivity index (χ1n) is 7.61. The summed E-state index contributed by atoms with van der Waals surface area (Å²) in [4.78, 5) is 14.4. The lowest BCUT2D eigenvalue weighted by atomic mass is 9.81. The molecule has 0 bridgehead atoms. The van der Waals surface area contributed by atoms with E-state index in [1.165, 1.54) is 11.1 Å². The van der Waals surface area contributed by atoms with Crippen molar-refractivity contribution >= 4 is 6.03 Å². The topological polar surface area (TPSA) is 32.3 Å². The molecule has 110 valence electrons. The average Bonchev–Trinajstić information content (AvgIpc) is 2.46. The molecule has 3 rings (SSSR count). The van der Waals surface area contributed by atoms with Gasteiger partial charge < -0.3 is 5.32 Å². The Bertz CT molecular complexity index is 601. The minimum atomic E-state index is 0.0102. The molecule has 3 heteroatoms. The standard InChI is InChI=1S/C18H22N2O/c1-12(2)20-16-11-13(3)9-10-15(16)17(19-18(20)21)14-7-5-4-6-8-14/h4-9,11-12,15,17H,10H2,1-3H3,(H,19,21). The minimum Gasteiger partial charge on any atom is -0.330 e. The Kier molecular flexibility index (Phi) is 3.58. The molecule has 1 aliphatic heterocycles. The molecule has 1 saturated heterocycles. The van der Waals surface area contributed by atoms with Gasteiger partial charge in [-0.1, -0.05) is 42.0 Å². The van der Waals surface area contributed by atoms with E-state index in [-0.39, 0.29) is 18.1 Å². The second-order valence-electron chi connectivity index (χ2n) is 6.16. The van der Waals surface area contributed by atoms with Crippen LogP contribution in [0.3, 0.4) is 0 Å². The van der Waals surface area contributed by atoms with Gasteiger partial charge >= 0.3 is 6.03 Å². The van der Waals surface area contributed by atoms with E-state index < -0.39 is 0 Å². The molecule has 1 fully saturated rings. The molecule has 21 heavy (non-hydrogen) atoms. The van der Waals surface area contributed by atoms with Crippen LogP contribution in [0.2, 0.25) is 0 Å².